The second kappa shape index (κ2) is 12.2. The van der Waals surface area contributed by atoms with E-state index in [-0.39, 0.29) is 0 Å². The van der Waals surface area contributed by atoms with Gasteiger partial charge >= 0.3 is 0 Å². The van der Waals surface area contributed by atoms with Crippen molar-refractivity contribution in [3.05, 3.63) is 83.7 Å². The molecule has 2 aromatic carbocycles. The van der Waals surface area contributed by atoms with Crippen LogP contribution in [0.2, 0.25) is 0 Å². The van der Waals surface area contributed by atoms with E-state index in [2.05, 4.69) is 79.5 Å². The second-order valence-corrected chi connectivity index (χ2v) is 8.04. The molecule has 0 unspecified atom stereocenters. The minimum absolute atomic E-state index is 0.810. The Morgan fingerprint density at radius 3 is 1.97 bits per heavy atom. The lowest BCUT2D eigenvalue weighted by atomic mass is 10.0. The third-order valence-electron chi connectivity index (χ3n) is 5.50. The highest BCUT2D eigenvalue weighted by Gasteiger charge is 2.02. The van der Waals surface area contributed by atoms with Gasteiger partial charge in [0.05, 0.1) is 6.61 Å². The zero-order chi connectivity index (χ0) is 21.0. The predicted octanol–water partition coefficient (Wildman–Crippen LogP) is 7.45. The van der Waals surface area contributed by atoms with Gasteiger partial charge in [-0.15, -0.1) is 0 Å². The maximum Gasteiger partial charge on any atom is 0.119 e. The molecule has 0 bridgehead atoms. The van der Waals surface area contributed by atoms with Crippen LogP contribution < -0.4 is 4.74 Å². The van der Waals surface area contributed by atoms with Crippen molar-refractivity contribution in [1.29, 1.82) is 0 Å². The molecule has 158 valence electrons. The van der Waals surface area contributed by atoms with Gasteiger partial charge in [0.15, 0.2) is 0 Å². The smallest absolute Gasteiger partial charge is 0.119 e. The average molecular weight is 402 g/mol. The number of nitrogens with zero attached hydrogens (tertiary/aromatic N) is 1. The summed E-state index contributed by atoms with van der Waals surface area (Å²) in [6.07, 6.45) is 11.2. The van der Waals surface area contributed by atoms with E-state index in [9.17, 15) is 0 Å². The van der Waals surface area contributed by atoms with Crippen molar-refractivity contribution in [2.75, 3.05) is 6.61 Å². The van der Waals surface area contributed by atoms with Crippen LogP contribution in [0.1, 0.15) is 62.8 Å². The van der Waals surface area contributed by atoms with Gasteiger partial charge in [-0.3, -0.25) is 4.98 Å². The lowest BCUT2D eigenvalue weighted by molar-refractivity contribution is 0.305. The molecule has 0 N–H and O–H groups in total. The molecule has 0 radical (unpaired) electrons. The summed E-state index contributed by atoms with van der Waals surface area (Å²) in [4.78, 5) is 4.61. The molecular weight excluding hydrogens is 366 g/mol. The van der Waals surface area contributed by atoms with E-state index in [1.54, 1.807) is 0 Å². The number of pyridine rings is 1. The molecule has 1 heterocycles. The van der Waals surface area contributed by atoms with Crippen LogP contribution in [0.3, 0.4) is 0 Å². The molecule has 0 aliphatic carbocycles. The number of aryl methyl sites for hydroxylation is 3. The number of hydrogen-bond acceptors (Lipinski definition) is 2. The maximum atomic E-state index is 5.85. The zero-order valence-electron chi connectivity index (χ0n) is 18.6. The molecule has 2 nitrogen and oxygen atoms in total. The van der Waals surface area contributed by atoms with Crippen molar-refractivity contribution in [3.63, 3.8) is 0 Å². The molecule has 0 amide bonds. The Hall–Kier alpha value is -2.61. The largest absolute Gasteiger partial charge is 0.494 e. The summed E-state index contributed by atoms with van der Waals surface area (Å²) >= 11 is 0. The Morgan fingerprint density at radius 2 is 1.33 bits per heavy atom. The Labute approximate surface area is 182 Å². The molecule has 0 aliphatic rings. The quantitative estimate of drug-likeness (QED) is 0.294. The van der Waals surface area contributed by atoms with Crippen LogP contribution in [-0.2, 0) is 19.3 Å². The third kappa shape index (κ3) is 7.02. The molecule has 2 heteroatoms. The van der Waals surface area contributed by atoms with Crippen LogP contribution in [0.4, 0.5) is 0 Å². The van der Waals surface area contributed by atoms with Crippen molar-refractivity contribution < 1.29 is 4.74 Å². The van der Waals surface area contributed by atoms with Crippen LogP contribution in [-0.4, -0.2) is 11.6 Å². The fourth-order valence-electron chi connectivity index (χ4n) is 3.64. The van der Waals surface area contributed by atoms with Crippen molar-refractivity contribution in [1.82, 2.24) is 4.98 Å². The Bertz CT molecular complexity index is 851. The topological polar surface area (TPSA) is 22.1 Å². The van der Waals surface area contributed by atoms with E-state index in [1.807, 2.05) is 6.20 Å². The van der Waals surface area contributed by atoms with Crippen molar-refractivity contribution in [2.24, 2.45) is 0 Å². The lowest BCUT2D eigenvalue weighted by Gasteiger charge is -2.08. The molecule has 3 rings (SSSR count). The van der Waals surface area contributed by atoms with Crippen molar-refractivity contribution in [3.8, 4) is 16.9 Å². The highest BCUT2D eigenvalue weighted by Crippen LogP contribution is 2.23. The molecule has 0 saturated carbocycles. The first-order valence-electron chi connectivity index (χ1n) is 11.5. The monoisotopic (exact) mass is 401 g/mol. The van der Waals surface area contributed by atoms with Gasteiger partial charge in [-0.1, -0.05) is 82.0 Å². The van der Waals surface area contributed by atoms with Crippen LogP contribution in [0, 0.1) is 0 Å². The fourth-order valence-corrected chi connectivity index (χ4v) is 3.64. The molecular formula is C28H35NO. The van der Waals surface area contributed by atoms with Crippen LogP contribution >= 0.6 is 0 Å². The summed E-state index contributed by atoms with van der Waals surface area (Å²) in [5.41, 5.74) is 6.33. The summed E-state index contributed by atoms with van der Waals surface area (Å²) in [5, 5.41) is 0. The minimum atomic E-state index is 0.810. The van der Waals surface area contributed by atoms with Gasteiger partial charge in [0.2, 0.25) is 0 Å². The van der Waals surface area contributed by atoms with Crippen molar-refractivity contribution in [2.45, 2.75) is 65.2 Å². The van der Waals surface area contributed by atoms with Crippen LogP contribution in [0.25, 0.3) is 11.1 Å². The van der Waals surface area contributed by atoms with Crippen LogP contribution in [0.15, 0.2) is 66.9 Å². The highest BCUT2D eigenvalue weighted by molar-refractivity contribution is 5.64. The van der Waals surface area contributed by atoms with E-state index in [1.165, 1.54) is 53.6 Å². The second-order valence-electron chi connectivity index (χ2n) is 8.04. The SMILES string of the molecule is CCCCCCOc1ccc(-c2ccc(CCc3ccc(CCC)cn3)cc2)cc1. The molecule has 0 spiro atoms. The van der Waals surface area contributed by atoms with Gasteiger partial charge in [0, 0.05) is 11.9 Å². The summed E-state index contributed by atoms with van der Waals surface area (Å²) in [5.74, 6) is 0.962. The van der Waals surface area contributed by atoms with Gasteiger partial charge in [0.1, 0.15) is 5.75 Å². The standard InChI is InChI=1S/C28H35NO/c1-3-5-6-7-21-30-28-19-15-26(16-20-28)25-13-9-23(10-14-25)11-17-27-18-12-24(8-4-2)22-29-27/h9-10,12-16,18-20,22H,3-8,11,17,21H2,1-2H3. The molecule has 1 aromatic heterocycles. The van der Waals surface area contributed by atoms with Crippen molar-refractivity contribution >= 4 is 0 Å². The number of unbranched alkanes of at least 4 members (excludes halogenated alkanes) is 3. The number of hydrogen-bond donors (Lipinski definition) is 0. The van der Waals surface area contributed by atoms with E-state index in [0.29, 0.717) is 0 Å². The van der Waals surface area contributed by atoms with E-state index in [0.717, 1.165) is 38.0 Å². The Kier molecular flexibility index (Phi) is 8.96. The molecule has 0 fully saturated rings. The number of rotatable bonds is 12. The summed E-state index contributed by atoms with van der Waals surface area (Å²) < 4.78 is 5.85. The van der Waals surface area contributed by atoms with Gasteiger partial charge < -0.3 is 4.74 Å². The van der Waals surface area contributed by atoms with Gasteiger partial charge in [-0.25, -0.2) is 0 Å². The number of aromatic nitrogens is 1. The van der Waals surface area contributed by atoms with Gasteiger partial charge in [0.25, 0.3) is 0 Å². The van der Waals surface area contributed by atoms with Gasteiger partial charge in [-0.05, 0) is 66.1 Å². The first kappa shape index (κ1) is 22.1. The first-order chi connectivity index (χ1) is 14.8. The Balaban J connectivity index is 1.48. The lowest BCUT2D eigenvalue weighted by Crippen LogP contribution is -1.97. The van der Waals surface area contributed by atoms with Crippen LogP contribution in [0.5, 0.6) is 5.75 Å². The summed E-state index contributed by atoms with van der Waals surface area (Å²) in [7, 11) is 0. The normalized spacial score (nSPS) is 10.9. The highest BCUT2D eigenvalue weighted by atomic mass is 16.5. The molecule has 0 aliphatic heterocycles. The number of benzene rings is 2. The van der Waals surface area contributed by atoms with E-state index < -0.39 is 0 Å². The summed E-state index contributed by atoms with van der Waals surface area (Å²) in [6.45, 7) is 5.24. The first-order valence-corrected chi connectivity index (χ1v) is 11.5. The number of ether oxygens (including phenoxy) is 1. The minimum Gasteiger partial charge on any atom is -0.494 e. The predicted molar refractivity (Wildman–Crippen MR) is 127 cm³/mol. The van der Waals surface area contributed by atoms with Gasteiger partial charge in [-0.2, -0.15) is 0 Å². The molecule has 30 heavy (non-hydrogen) atoms. The fraction of sp³-hybridized carbons (Fsp3) is 0.393. The molecule has 0 saturated heterocycles. The molecule has 3 aromatic rings. The third-order valence-corrected chi connectivity index (χ3v) is 5.50. The summed E-state index contributed by atoms with van der Waals surface area (Å²) in [6, 6.07) is 21.8. The maximum absolute atomic E-state index is 5.85. The Morgan fingerprint density at radius 1 is 0.633 bits per heavy atom. The molecule has 0 atom stereocenters. The average Bonchev–Trinajstić information content (AvgIpc) is 2.79. The van der Waals surface area contributed by atoms with E-state index in [4.69, 9.17) is 4.74 Å². The van der Waals surface area contributed by atoms with E-state index >= 15 is 0 Å². The zero-order valence-corrected chi connectivity index (χ0v) is 18.6.